The molecule has 0 fully saturated rings. The molecule has 4 aromatic carbocycles. The Morgan fingerprint density at radius 2 is 1.07 bits per heavy atom. The number of para-hydroxylation sites is 1. The van der Waals surface area contributed by atoms with E-state index in [1.165, 1.54) is 11.1 Å². The monoisotopic (exact) mass is 363 g/mol. The number of furan rings is 1. The molecular weight excluding hydrogens is 342 g/mol. The second-order valence-corrected chi connectivity index (χ2v) is 7.29. The standard InChI is InChI=1S/C26H21NO/c1-18-7-11-20(12-8-18)27(21-13-9-19(2)10-14-21)22-15-16-24-23-5-3-4-6-25(23)28-26(24)17-22/h3-17H,1-2H3. The number of nitrogens with zero attached hydrogens (tertiary/aromatic N) is 1. The van der Waals surface area contributed by atoms with Crippen LogP contribution >= 0.6 is 0 Å². The maximum Gasteiger partial charge on any atom is 0.137 e. The minimum absolute atomic E-state index is 0.905. The van der Waals surface area contributed by atoms with E-state index >= 15 is 0 Å². The van der Waals surface area contributed by atoms with E-state index in [4.69, 9.17) is 4.42 Å². The van der Waals surface area contributed by atoms with Crippen LogP contribution in [0.4, 0.5) is 17.1 Å². The van der Waals surface area contributed by atoms with Gasteiger partial charge >= 0.3 is 0 Å². The van der Waals surface area contributed by atoms with Gasteiger partial charge in [0.25, 0.3) is 0 Å². The summed E-state index contributed by atoms with van der Waals surface area (Å²) >= 11 is 0. The van der Waals surface area contributed by atoms with Crippen LogP contribution in [-0.4, -0.2) is 0 Å². The molecule has 0 bridgehead atoms. The average molecular weight is 363 g/mol. The highest BCUT2D eigenvalue weighted by Gasteiger charge is 2.15. The van der Waals surface area contributed by atoms with Gasteiger partial charge in [-0.3, -0.25) is 0 Å². The summed E-state index contributed by atoms with van der Waals surface area (Å²) in [5.74, 6) is 0. The summed E-state index contributed by atoms with van der Waals surface area (Å²) in [7, 11) is 0. The quantitative estimate of drug-likeness (QED) is 0.327. The highest BCUT2D eigenvalue weighted by molar-refractivity contribution is 6.06. The summed E-state index contributed by atoms with van der Waals surface area (Å²) in [5.41, 5.74) is 7.67. The Bertz CT molecular complexity index is 1220. The topological polar surface area (TPSA) is 16.4 Å². The fourth-order valence-electron chi connectivity index (χ4n) is 3.69. The Hall–Kier alpha value is -3.52. The third-order valence-corrected chi connectivity index (χ3v) is 5.20. The van der Waals surface area contributed by atoms with E-state index < -0.39 is 0 Å². The van der Waals surface area contributed by atoms with Crippen molar-refractivity contribution in [2.45, 2.75) is 13.8 Å². The van der Waals surface area contributed by atoms with E-state index in [-0.39, 0.29) is 0 Å². The maximum atomic E-state index is 6.13. The molecule has 1 heterocycles. The number of hydrogen-bond donors (Lipinski definition) is 0. The van der Waals surface area contributed by atoms with Gasteiger partial charge in [-0.25, -0.2) is 0 Å². The van der Waals surface area contributed by atoms with Gasteiger partial charge in [-0.2, -0.15) is 0 Å². The van der Waals surface area contributed by atoms with Gasteiger partial charge in [-0.05, 0) is 56.3 Å². The number of rotatable bonds is 3. The van der Waals surface area contributed by atoms with Crippen molar-refractivity contribution in [1.29, 1.82) is 0 Å². The number of fused-ring (bicyclic) bond motifs is 3. The van der Waals surface area contributed by atoms with Crippen molar-refractivity contribution in [3.8, 4) is 0 Å². The fourth-order valence-corrected chi connectivity index (χ4v) is 3.69. The molecule has 0 radical (unpaired) electrons. The summed E-state index contributed by atoms with van der Waals surface area (Å²) < 4.78 is 6.13. The van der Waals surface area contributed by atoms with Gasteiger partial charge in [0.05, 0.1) is 0 Å². The largest absolute Gasteiger partial charge is 0.456 e. The lowest BCUT2D eigenvalue weighted by atomic mass is 10.1. The number of anilines is 3. The molecule has 2 nitrogen and oxygen atoms in total. The molecule has 2 heteroatoms. The second kappa shape index (κ2) is 6.58. The van der Waals surface area contributed by atoms with Crippen LogP contribution < -0.4 is 4.90 Å². The van der Waals surface area contributed by atoms with E-state index in [2.05, 4.69) is 97.6 Å². The minimum Gasteiger partial charge on any atom is -0.456 e. The third kappa shape index (κ3) is 2.84. The Labute approximate surface area is 164 Å². The van der Waals surface area contributed by atoms with Crippen LogP contribution in [0, 0.1) is 13.8 Å². The molecule has 1 aromatic heterocycles. The van der Waals surface area contributed by atoms with Crippen molar-refractivity contribution in [1.82, 2.24) is 0 Å². The van der Waals surface area contributed by atoms with Gasteiger partial charge in [-0.15, -0.1) is 0 Å². The van der Waals surface area contributed by atoms with Crippen molar-refractivity contribution in [2.24, 2.45) is 0 Å². The third-order valence-electron chi connectivity index (χ3n) is 5.20. The predicted molar refractivity (Wildman–Crippen MR) is 118 cm³/mol. The van der Waals surface area contributed by atoms with Crippen LogP contribution in [0.15, 0.2) is 95.4 Å². The highest BCUT2D eigenvalue weighted by atomic mass is 16.3. The average Bonchev–Trinajstić information content (AvgIpc) is 3.09. The lowest BCUT2D eigenvalue weighted by Crippen LogP contribution is -2.09. The summed E-state index contributed by atoms with van der Waals surface area (Å²) in [4.78, 5) is 2.27. The Morgan fingerprint density at radius 3 is 1.71 bits per heavy atom. The summed E-state index contributed by atoms with van der Waals surface area (Å²) in [5, 5.41) is 2.30. The predicted octanol–water partition coefficient (Wildman–Crippen LogP) is 7.67. The Morgan fingerprint density at radius 1 is 0.536 bits per heavy atom. The van der Waals surface area contributed by atoms with Crippen LogP contribution in [0.2, 0.25) is 0 Å². The summed E-state index contributed by atoms with van der Waals surface area (Å²) in [6.07, 6.45) is 0. The molecular formula is C26H21NO. The van der Waals surface area contributed by atoms with Crippen molar-refractivity contribution in [3.05, 3.63) is 102 Å². The molecule has 0 aliphatic carbocycles. The first-order chi connectivity index (χ1) is 13.7. The Kier molecular flexibility index (Phi) is 3.91. The van der Waals surface area contributed by atoms with Gasteiger partial charge in [-0.1, -0.05) is 53.6 Å². The summed E-state index contributed by atoms with van der Waals surface area (Å²) in [6.45, 7) is 4.22. The fraction of sp³-hybridized carbons (Fsp3) is 0.0769. The van der Waals surface area contributed by atoms with Gasteiger partial charge in [0, 0.05) is 33.9 Å². The molecule has 0 spiro atoms. The first-order valence-electron chi connectivity index (χ1n) is 9.54. The molecule has 0 N–H and O–H groups in total. The zero-order valence-electron chi connectivity index (χ0n) is 16.0. The number of hydrogen-bond acceptors (Lipinski definition) is 2. The smallest absolute Gasteiger partial charge is 0.137 e. The molecule has 0 unspecified atom stereocenters. The van der Waals surface area contributed by atoms with Gasteiger partial charge in [0.1, 0.15) is 11.2 Å². The SMILES string of the molecule is Cc1ccc(N(c2ccc(C)cc2)c2ccc3c(c2)oc2ccccc23)cc1. The first kappa shape index (κ1) is 16.6. The lowest BCUT2D eigenvalue weighted by molar-refractivity contribution is 0.669. The molecule has 0 saturated heterocycles. The molecule has 0 aliphatic heterocycles. The molecule has 5 aromatic rings. The highest BCUT2D eigenvalue weighted by Crippen LogP contribution is 2.38. The molecule has 0 amide bonds. The van der Waals surface area contributed by atoms with Crippen LogP contribution in [0.1, 0.15) is 11.1 Å². The first-order valence-corrected chi connectivity index (χ1v) is 9.54. The molecule has 0 aliphatic rings. The molecule has 136 valence electrons. The zero-order valence-corrected chi connectivity index (χ0v) is 16.0. The van der Waals surface area contributed by atoms with E-state index in [0.29, 0.717) is 0 Å². The van der Waals surface area contributed by atoms with Gasteiger partial charge < -0.3 is 9.32 Å². The van der Waals surface area contributed by atoms with Gasteiger partial charge in [0.2, 0.25) is 0 Å². The number of benzene rings is 4. The van der Waals surface area contributed by atoms with E-state index in [1.807, 2.05) is 12.1 Å². The van der Waals surface area contributed by atoms with E-state index in [9.17, 15) is 0 Å². The normalized spacial score (nSPS) is 11.2. The van der Waals surface area contributed by atoms with Crippen molar-refractivity contribution in [3.63, 3.8) is 0 Å². The van der Waals surface area contributed by atoms with Crippen molar-refractivity contribution < 1.29 is 4.42 Å². The zero-order chi connectivity index (χ0) is 19.1. The summed E-state index contributed by atoms with van der Waals surface area (Å²) in [6, 6.07) is 31.9. The molecule has 0 atom stereocenters. The van der Waals surface area contributed by atoms with Crippen LogP contribution in [0.3, 0.4) is 0 Å². The van der Waals surface area contributed by atoms with Crippen molar-refractivity contribution in [2.75, 3.05) is 4.90 Å². The maximum absolute atomic E-state index is 6.13. The van der Waals surface area contributed by atoms with Crippen LogP contribution in [-0.2, 0) is 0 Å². The molecule has 5 rings (SSSR count). The molecule has 28 heavy (non-hydrogen) atoms. The van der Waals surface area contributed by atoms with Crippen LogP contribution in [0.5, 0.6) is 0 Å². The molecule has 0 saturated carbocycles. The van der Waals surface area contributed by atoms with E-state index in [0.717, 1.165) is 39.0 Å². The Balaban J connectivity index is 1.70. The van der Waals surface area contributed by atoms with E-state index in [1.54, 1.807) is 0 Å². The number of aryl methyl sites for hydroxylation is 2. The second-order valence-electron chi connectivity index (χ2n) is 7.29. The van der Waals surface area contributed by atoms with Gasteiger partial charge in [0.15, 0.2) is 0 Å². The lowest BCUT2D eigenvalue weighted by Gasteiger charge is -2.25. The minimum atomic E-state index is 0.905. The van der Waals surface area contributed by atoms with Crippen LogP contribution in [0.25, 0.3) is 21.9 Å². The van der Waals surface area contributed by atoms with Crippen molar-refractivity contribution >= 4 is 39.0 Å².